The molecule has 0 spiro atoms. The van der Waals surface area contributed by atoms with E-state index in [9.17, 15) is 0 Å². The molecular formula is C13H20N2O2. The highest BCUT2D eigenvalue weighted by atomic mass is 16.5. The summed E-state index contributed by atoms with van der Waals surface area (Å²) < 4.78 is 10.9. The maximum absolute atomic E-state index is 5.61. The minimum absolute atomic E-state index is 0.751. The smallest absolute Gasteiger partial charge is 0.119 e. The summed E-state index contributed by atoms with van der Waals surface area (Å²) in [5, 5.41) is 2.21. The van der Waals surface area contributed by atoms with Gasteiger partial charge >= 0.3 is 0 Å². The maximum Gasteiger partial charge on any atom is 0.119 e. The van der Waals surface area contributed by atoms with Gasteiger partial charge in [-0.05, 0) is 18.6 Å². The fraction of sp³-hybridized carbons (Fsp3) is 0.538. The summed E-state index contributed by atoms with van der Waals surface area (Å²) in [6.45, 7) is 5.30. The van der Waals surface area contributed by atoms with E-state index in [4.69, 9.17) is 9.47 Å². The van der Waals surface area contributed by atoms with Crippen LogP contribution in [0.4, 0.5) is 0 Å². The van der Waals surface area contributed by atoms with Crippen molar-refractivity contribution in [2.24, 2.45) is 0 Å². The molecule has 1 aliphatic rings. The number of hydrazine groups is 1. The van der Waals surface area contributed by atoms with E-state index in [2.05, 4.69) is 10.4 Å². The number of nitrogens with one attached hydrogen (secondary N) is 1. The fourth-order valence-electron chi connectivity index (χ4n) is 1.74. The molecule has 1 N–H and O–H groups in total. The van der Waals surface area contributed by atoms with Gasteiger partial charge < -0.3 is 9.47 Å². The topological polar surface area (TPSA) is 33.7 Å². The standard InChI is InChI=1S/C13H20N2O2/c1-2-5-13(6-3-1)17-10-4-7-14-15-8-11-16-12-9-15/h1-3,5-6,14H,4,7-12H2. The lowest BCUT2D eigenvalue weighted by Gasteiger charge is -2.27. The molecule has 0 atom stereocenters. The lowest BCUT2D eigenvalue weighted by molar-refractivity contribution is 0.0114. The van der Waals surface area contributed by atoms with Crippen molar-refractivity contribution >= 4 is 0 Å². The lowest BCUT2D eigenvalue weighted by atomic mass is 10.3. The van der Waals surface area contributed by atoms with Crippen LogP contribution in [0.1, 0.15) is 6.42 Å². The molecule has 0 aromatic heterocycles. The summed E-state index contributed by atoms with van der Waals surface area (Å²) in [5.41, 5.74) is 3.38. The van der Waals surface area contributed by atoms with E-state index in [0.29, 0.717) is 0 Å². The first-order valence-corrected chi connectivity index (χ1v) is 6.19. The highest BCUT2D eigenvalue weighted by molar-refractivity contribution is 5.20. The van der Waals surface area contributed by atoms with Gasteiger partial charge in [0, 0.05) is 19.6 Å². The zero-order valence-corrected chi connectivity index (χ0v) is 10.1. The van der Waals surface area contributed by atoms with Gasteiger partial charge in [-0.25, -0.2) is 5.01 Å². The van der Waals surface area contributed by atoms with Gasteiger partial charge in [0.2, 0.25) is 0 Å². The monoisotopic (exact) mass is 236 g/mol. The van der Waals surface area contributed by atoms with Crippen molar-refractivity contribution in [1.29, 1.82) is 0 Å². The second-order valence-corrected chi connectivity index (χ2v) is 4.02. The molecule has 0 aliphatic carbocycles. The van der Waals surface area contributed by atoms with E-state index in [-0.39, 0.29) is 0 Å². The van der Waals surface area contributed by atoms with Crippen molar-refractivity contribution < 1.29 is 9.47 Å². The van der Waals surface area contributed by atoms with Crippen molar-refractivity contribution in [3.05, 3.63) is 30.3 Å². The van der Waals surface area contributed by atoms with E-state index in [1.54, 1.807) is 0 Å². The van der Waals surface area contributed by atoms with E-state index >= 15 is 0 Å². The molecular weight excluding hydrogens is 216 g/mol. The molecule has 1 aromatic carbocycles. The molecule has 17 heavy (non-hydrogen) atoms. The van der Waals surface area contributed by atoms with Crippen molar-refractivity contribution in [2.45, 2.75) is 6.42 Å². The van der Waals surface area contributed by atoms with Crippen LogP contribution in [0.2, 0.25) is 0 Å². The molecule has 1 aliphatic heterocycles. The number of para-hydroxylation sites is 1. The Morgan fingerprint density at radius 3 is 2.71 bits per heavy atom. The van der Waals surface area contributed by atoms with Crippen molar-refractivity contribution in [2.75, 3.05) is 39.5 Å². The van der Waals surface area contributed by atoms with Crippen LogP contribution in [-0.2, 0) is 4.74 Å². The predicted octanol–water partition coefficient (Wildman–Crippen LogP) is 1.29. The summed E-state index contributed by atoms with van der Waals surface area (Å²) >= 11 is 0. The van der Waals surface area contributed by atoms with E-state index in [0.717, 1.165) is 51.6 Å². The average molecular weight is 236 g/mol. The molecule has 1 aromatic rings. The number of benzene rings is 1. The number of hydrogen-bond donors (Lipinski definition) is 1. The third kappa shape index (κ3) is 4.73. The zero-order valence-electron chi connectivity index (χ0n) is 10.1. The molecule has 1 heterocycles. The Morgan fingerprint density at radius 1 is 1.18 bits per heavy atom. The summed E-state index contributed by atoms with van der Waals surface area (Å²) in [5.74, 6) is 0.943. The first-order valence-electron chi connectivity index (χ1n) is 6.19. The number of hydrogen-bond acceptors (Lipinski definition) is 4. The summed E-state index contributed by atoms with van der Waals surface area (Å²) in [6.07, 6.45) is 1.01. The highest BCUT2D eigenvalue weighted by Gasteiger charge is 2.08. The molecule has 4 heteroatoms. The van der Waals surface area contributed by atoms with E-state index < -0.39 is 0 Å². The molecule has 0 saturated carbocycles. The van der Waals surface area contributed by atoms with Crippen LogP contribution in [0.15, 0.2) is 30.3 Å². The van der Waals surface area contributed by atoms with Crippen molar-refractivity contribution in [3.8, 4) is 5.75 Å². The Labute approximate surface area is 102 Å². The van der Waals surface area contributed by atoms with Gasteiger partial charge in [-0.1, -0.05) is 18.2 Å². The molecule has 0 radical (unpaired) electrons. The Bertz CT molecular complexity index is 300. The average Bonchev–Trinajstić information content (AvgIpc) is 2.41. The molecule has 0 bridgehead atoms. The maximum atomic E-state index is 5.61. The van der Waals surface area contributed by atoms with Crippen molar-refractivity contribution in [3.63, 3.8) is 0 Å². The Kier molecular flexibility index (Phi) is 5.29. The van der Waals surface area contributed by atoms with Gasteiger partial charge in [0.05, 0.1) is 19.8 Å². The van der Waals surface area contributed by atoms with Crippen LogP contribution in [0, 0.1) is 0 Å². The molecule has 0 amide bonds. The Hall–Kier alpha value is -1.10. The Balaban J connectivity index is 1.51. The second kappa shape index (κ2) is 7.27. The van der Waals surface area contributed by atoms with Gasteiger partial charge in [0.1, 0.15) is 5.75 Å². The zero-order chi connectivity index (χ0) is 11.8. The fourth-order valence-corrected chi connectivity index (χ4v) is 1.74. The normalized spacial score (nSPS) is 16.9. The van der Waals surface area contributed by atoms with Crippen LogP contribution in [0.3, 0.4) is 0 Å². The first kappa shape index (κ1) is 12.4. The molecule has 1 saturated heterocycles. The van der Waals surface area contributed by atoms with Crippen LogP contribution in [-0.4, -0.2) is 44.5 Å². The second-order valence-electron chi connectivity index (χ2n) is 4.02. The molecule has 0 unspecified atom stereocenters. The summed E-state index contributed by atoms with van der Waals surface area (Å²) in [6, 6.07) is 9.93. The quantitative estimate of drug-likeness (QED) is 0.755. The number of ether oxygens (including phenoxy) is 2. The third-order valence-electron chi connectivity index (χ3n) is 2.68. The Morgan fingerprint density at radius 2 is 1.94 bits per heavy atom. The number of nitrogens with zero attached hydrogens (tertiary/aromatic N) is 1. The third-order valence-corrected chi connectivity index (χ3v) is 2.68. The van der Waals surface area contributed by atoms with Gasteiger partial charge in [0.25, 0.3) is 0 Å². The van der Waals surface area contributed by atoms with Crippen LogP contribution < -0.4 is 10.2 Å². The molecule has 1 fully saturated rings. The number of morpholine rings is 1. The van der Waals surface area contributed by atoms with Crippen LogP contribution in [0.25, 0.3) is 0 Å². The lowest BCUT2D eigenvalue weighted by Crippen LogP contribution is -2.46. The largest absolute Gasteiger partial charge is 0.494 e. The minimum atomic E-state index is 0.751. The first-order chi connectivity index (χ1) is 8.45. The molecule has 2 rings (SSSR count). The van der Waals surface area contributed by atoms with Gasteiger partial charge in [-0.2, -0.15) is 0 Å². The van der Waals surface area contributed by atoms with Gasteiger partial charge in [-0.3, -0.25) is 5.43 Å². The molecule has 4 nitrogen and oxygen atoms in total. The van der Waals surface area contributed by atoms with Crippen LogP contribution >= 0.6 is 0 Å². The van der Waals surface area contributed by atoms with Gasteiger partial charge in [-0.15, -0.1) is 0 Å². The number of rotatable bonds is 6. The van der Waals surface area contributed by atoms with E-state index in [1.807, 2.05) is 30.3 Å². The summed E-state index contributed by atoms with van der Waals surface area (Å²) in [7, 11) is 0. The SMILES string of the molecule is c1ccc(OCCCNN2CCOCC2)cc1. The minimum Gasteiger partial charge on any atom is -0.494 e. The van der Waals surface area contributed by atoms with Crippen molar-refractivity contribution in [1.82, 2.24) is 10.4 Å². The summed E-state index contributed by atoms with van der Waals surface area (Å²) in [4.78, 5) is 0. The molecule has 94 valence electrons. The van der Waals surface area contributed by atoms with E-state index in [1.165, 1.54) is 0 Å². The predicted molar refractivity (Wildman–Crippen MR) is 66.9 cm³/mol. The van der Waals surface area contributed by atoms with Crippen LogP contribution in [0.5, 0.6) is 5.75 Å². The highest BCUT2D eigenvalue weighted by Crippen LogP contribution is 2.08. The van der Waals surface area contributed by atoms with Gasteiger partial charge in [0.15, 0.2) is 0 Å².